The highest BCUT2D eigenvalue weighted by Gasteiger charge is 2.52. The van der Waals surface area contributed by atoms with Gasteiger partial charge in [-0.15, -0.1) is 11.3 Å². The topological polar surface area (TPSA) is 18.5 Å². The summed E-state index contributed by atoms with van der Waals surface area (Å²) in [5.74, 6) is 0. The Morgan fingerprint density at radius 2 is 1.28 bits per heavy atom. The number of benzene rings is 4. The molecular weight excluding hydrogens is 411 g/mol. The zero-order chi connectivity index (χ0) is 22.1. The molecule has 2 heterocycles. The molecule has 0 N–H and O–H groups in total. The van der Waals surface area contributed by atoms with Gasteiger partial charge in [0.05, 0.1) is 11.2 Å². The standard InChI is InChI=1S/C28H25BO2S/c1-27(2)28(3,4)31-29(30-27)24-13-8-11-20-19(10-7-12-21(20)24)18-15-16-23-22-9-5-6-14-25(22)32-26(23)17-18/h5-17H,1-4H3. The van der Waals surface area contributed by atoms with Crippen LogP contribution in [0.15, 0.2) is 78.9 Å². The Morgan fingerprint density at radius 1 is 0.625 bits per heavy atom. The van der Waals surface area contributed by atoms with Crippen molar-refractivity contribution in [3.8, 4) is 11.1 Å². The van der Waals surface area contributed by atoms with Crippen molar-refractivity contribution in [2.45, 2.75) is 38.9 Å². The normalized spacial score (nSPS) is 17.6. The predicted octanol–water partition coefficient (Wildman–Crippen LogP) is 7.17. The maximum Gasteiger partial charge on any atom is 0.495 e. The van der Waals surface area contributed by atoms with Crippen molar-refractivity contribution in [3.05, 3.63) is 78.9 Å². The summed E-state index contributed by atoms with van der Waals surface area (Å²) < 4.78 is 15.4. The van der Waals surface area contributed by atoms with E-state index in [-0.39, 0.29) is 18.3 Å². The largest absolute Gasteiger partial charge is 0.495 e. The van der Waals surface area contributed by atoms with Gasteiger partial charge in [0.1, 0.15) is 0 Å². The molecule has 0 aliphatic carbocycles. The summed E-state index contributed by atoms with van der Waals surface area (Å²) in [4.78, 5) is 0. The van der Waals surface area contributed by atoms with Crippen LogP contribution in [-0.2, 0) is 9.31 Å². The Labute approximate surface area is 192 Å². The SMILES string of the molecule is CC1(C)OB(c2cccc3c(-c4ccc5c(c4)sc4ccccc45)cccc23)OC1(C)C. The first-order valence-electron chi connectivity index (χ1n) is 11.1. The lowest BCUT2D eigenvalue weighted by Gasteiger charge is -2.32. The van der Waals surface area contributed by atoms with Crippen LogP contribution in [0, 0.1) is 0 Å². The Morgan fingerprint density at radius 3 is 2.09 bits per heavy atom. The smallest absolute Gasteiger partial charge is 0.399 e. The summed E-state index contributed by atoms with van der Waals surface area (Å²) in [6, 6.07) is 28.5. The minimum Gasteiger partial charge on any atom is -0.399 e. The second kappa shape index (κ2) is 6.92. The molecule has 4 aromatic carbocycles. The van der Waals surface area contributed by atoms with Gasteiger partial charge in [-0.3, -0.25) is 0 Å². The van der Waals surface area contributed by atoms with Gasteiger partial charge in [-0.2, -0.15) is 0 Å². The third kappa shape index (κ3) is 2.94. The average molecular weight is 436 g/mol. The molecule has 1 saturated heterocycles. The van der Waals surface area contributed by atoms with Crippen LogP contribution in [0.3, 0.4) is 0 Å². The fraction of sp³-hybridized carbons (Fsp3) is 0.214. The molecular formula is C28H25BO2S. The summed E-state index contributed by atoms with van der Waals surface area (Å²) in [6.07, 6.45) is 0. The first-order chi connectivity index (χ1) is 15.3. The summed E-state index contributed by atoms with van der Waals surface area (Å²) in [5.41, 5.74) is 2.85. The summed E-state index contributed by atoms with van der Waals surface area (Å²) in [5, 5.41) is 5.06. The van der Waals surface area contributed by atoms with E-state index in [2.05, 4.69) is 107 Å². The summed E-state index contributed by atoms with van der Waals surface area (Å²) >= 11 is 1.86. The molecule has 1 aliphatic rings. The van der Waals surface area contributed by atoms with E-state index in [9.17, 15) is 0 Å². The van der Waals surface area contributed by atoms with Crippen LogP contribution in [-0.4, -0.2) is 18.3 Å². The van der Waals surface area contributed by atoms with E-state index >= 15 is 0 Å². The molecule has 0 unspecified atom stereocenters. The number of thiophene rings is 1. The highest BCUT2D eigenvalue weighted by atomic mass is 32.1. The van der Waals surface area contributed by atoms with E-state index in [0.29, 0.717) is 0 Å². The van der Waals surface area contributed by atoms with Gasteiger partial charge in [0.15, 0.2) is 0 Å². The molecule has 1 fully saturated rings. The molecule has 0 bridgehead atoms. The van der Waals surface area contributed by atoms with Crippen LogP contribution in [0.2, 0.25) is 0 Å². The van der Waals surface area contributed by atoms with Crippen LogP contribution in [0.5, 0.6) is 0 Å². The maximum atomic E-state index is 6.37. The van der Waals surface area contributed by atoms with Crippen LogP contribution in [0.1, 0.15) is 27.7 Å². The number of hydrogen-bond acceptors (Lipinski definition) is 3. The lowest BCUT2D eigenvalue weighted by atomic mass is 9.75. The Balaban J connectivity index is 1.50. The average Bonchev–Trinajstić information content (AvgIpc) is 3.25. The number of fused-ring (bicyclic) bond motifs is 4. The van der Waals surface area contributed by atoms with E-state index in [1.807, 2.05) is 11.3 Å². The molecule has 5 aromatic rings. The van der Waals surface area contributed by atoms with Gasteiger partial charge in [0, 0.05) is 20.2 Å². The fourth-order valence-corrected chi connectivity index (χ4v) is 5.80. The molecule has 1 aromatic heterocycles. The van der Waals surface area contributed by atoms with Crippen molar-refractivity contribution in [2.75, 3.05) is 0 Å². The molecule has 2 nitrogen and oxygen atoms in total. The predicted molar refractivity (Wildman–Crippen MR) is 138 cm³/mol. The van der Waals surface area contributed by atoms with E-state index in [4.69, 9.17) is 9.31 Å². The second-order valence-corrected chi connectivity index (χ2v) is 10.7. The molecule has 0 spiro atoms. The van der Waals surface area contributed by atoms with E-state index < -0.39 is 0 Å². The van der Waals surface area contributed by atoms with Crippen molar-refractivity contribution < 1.29 is 9.31 Å². The molecule has 6 rings (SSSR count). The first kappa shape index (κ1) is 20.0. The zero-order valence-corrected chi connectivity index (χ0v) is 19.6. The molecule has 0 saturated carbocycles. The highest BCUT2D eigenvalue weighted by molar-refractivity contribution is 7.25. The monoisotopic (exact) mass is 436 g/mol. The van der Waals surface area contributed by atoms with Crippen molar-refractivity contribution in [2.24, 2.45) is 0 Å². The first-order valence-corrected chi connectivity index (χ1v) is 11.9. The van der Waals surface area contributed by atoms with Gasteiger partial charge in [-0.05, 0) is 67.2 Å². The Hall–Kier alpha value is -2.66. The minimum absolute atomic E-state index is 0.357. The van der Waals surface area contributed by atoms with Gasteiger partial charge in [-0.25, -0.2) is 0 Å². The molecule has 0 atom stereocenters. The zero-order valence-electron chi connectivity index (χ0n) is 18.8. The lowest BCUT2D eigenvalue weighted by Crippen LogP contribution is -2.41. The lowest BCUT2D eigenvalue weighted by molar-refractivity contribution is 0.00578. The van der Waals surface area contributed by atoms with Crippen molar-refractivity contribution in [1.82, 2.24) is 0 Å². The van der Waals surface area contributed by atoms with Crippen molar-refractivity contribution >= 4 is 54.9 Å². The quantitative estimate of drug-likeness (QED) is 0.273. The van der Waals surface area contributed by atoms with Crippen molar-refractivity contribution in [3.63, 3.8) is 0 Å². The van der Waals surface area contributed by atoms with Crippen LogP contribution < -0.4 is 5.46 Å². The Kier molecular flexibility index (Phi) is 4.32. The molecule has 158 valence electrons. The van der Waals surface area contributed by atoms with Crippen molar-refractivity contribution in [1.29, 1.82) is 0 Å². The van der Waals surface area contributed by atoms with Gasteiger partial charge >= 0.3 is 7.12 Å². The third-order valence-electron chi connectivity index (χ3n) is 7.15. The third-order valence-corrected chi connectivity index (χ3v) is 8.29. The second-order valence-electron chi connectivity index (χ2n) is 9.65. The number of hydrogen-bond donors (Lipinski definition) is 0. The molecule has 4 heteroatoms. The fourth-order valence-electron chi connectivity index (χ4n) is 4.66. The van der Waals surface area contributed by atoms with Crippen LogP contribution in [0.4, 0.5) is 0 Å². The van der Waals surface area contributed by atoms with Gasteiger partial charge in [0.2, 0.25) is 0 Å². The van der Waals surface area contributed by atoms with Crippen LogP contribution >= 0.6 is 11.3 Å². The molecule has 32 heavy (non-hydrogen) atoms. The maximum absolute atomic E-state index is 6.37. The molecule has 0 radical (unpaired) electrons. The van der Waals surface area contributed by atoms with E-state index in [1.54, 1.807) is 0 Å². The summed E-state index contributed by atoms with van der Waals surface area (Å²) in [7, 11) is -0.371. The highest BCUT2D eigenvalue weighted by Crippen LogP contribution is 2.39. The van der Waals surface area contributed by atoms with E-state index in [0.717, 1.165) is 5.46 Å². The Bertz CT molecular complexity index is 1480. The van der Waals surface area contributed by atoms with Gasteiger partial charge in [-0.1, -0.05) is 66.7 Å². The molecule has 1 aliphatic heterocycles. The van der Waals surface area contributed by atoms with Gasteiger partial charge < -0.3 is 9.31 Å². The summed E-state index contributed by atoms with van der Waals surface area (Å²) in [6.45, 7) is 8.40. The number of rotatable bonds is 2. The minimum atomic E-state index is -0.371. The molecule has 0 amide bonds. The van der Waals surface area contributed by atoms with Crippen LogP contribution in [0.25, 0.3) is 42.1 Å². The van der Waals surface area contributed by atoms with Gasteiger partial charge in [0.25, 0.3) is 0 Å². The van der Waals surface area contributed by atoms with E-state index in [1.165, 1.54) is 42.1 Å².